The summed E-state index contributed by atoms with van der Waals surface area (Å²) in [5.74, 6) is 2.34. The average molecular weight is 389 g/mol. The highest BCUT2D eigenvalue weighted by molar-refractivity contribution is 5.65. The second-order valence-corrected chi connectivity index (χ2v) is 7.33. The predicted molar refractivity (Wildman–Crippen MR) is 110 cm³/mol. The zero-order valence-corrected chi connectivity index (χ0v) is 16.4. The molecule has 1 saturated heterocycles. The molecule has 0 amide bonds. The van der Waals surface area contributed by atoms with Crippen LogP contribution in [0.25, 0.3) is 16.9 Å². The number of hydrogen-bond acceptors (Lipinski definition) is 7. The SMILES string of the molecule is Cn1nccc1Nc1nccc(-c2ccn3c(CN4CCCCC4)nnc3c2)n1. The van der Waals surface area contributed by atoms with Crippen molar-refractivity contribution in [3.8, 4) is 11.3 Å². The Kier molecular flexibility index (Phi) is 4.65. The van der Waals surface area contributed by atoms with Gasteiger partial charge in [0, 0.05) is 31.1 Å². The third-order valence-corrected chi connectivity index (χ3v) is 5.31. The van der Waals surface area contributed by atoms with Gasteiger partial charge < -0.3 is 5.32 Å². The molecule has 0 bridgehead atoms. The van der Waals surface area contributed by atoms with Gasteiger partial charge in [-0.3, -0.25) is 14.0 Å². The van der Waals surface area contributed by atoms with Gasteiger partial charge in [-0.2, -0.15) is 5.10 Å². The predicted octanol–water partition coefficient (Wildman–Crippen LogP) is 2.65. The molecule has 0 unspecified atom stereocenters. The summed E-state index contributed by atoms with van der Waals surface area (Å²) in [6, 6.07) is 7.84. The van der Waals surface area contributed by atoms with Crippen LogP contribution in [-0.2, 0) is 13.6 Å². The maximum Gasteiger partial charge on any atom is 0.228 e. The van der Waals surface area contributed by atoms with Crippen LogP contribution in [-0.4, -0.2) is 52.3 Å². The van der Waals surface area contributed by atoms with Gasteiger partial charge in [0.2, 0.25) is 5.95 Å². The normalized spacial score (nSPS) is 15.1. The van der Waals surface area contributed by atoms with Crippen LogP contribution < -0.4 is 5.32 Å². The van der Waals surface area contributed by atoms with E-state index in [4.69, 9.17) is 0 Å². The fourth-order valence-corrected chi connectivity index (χ4v) is 3.72. The molecule has 5 rings (SSSR count). The highest BCUT2D eigenvalue weighted by atomic mass is 15.3. The quantitative estimate of drug-likeness (QED) is 0.561. The Morgan fingerprint density at radius 1 is 1.03 bits per heavy atom. The molecule has 4 aromatic rings. The summed E-state index contributed by atoms with van der Waals surface area (Å²) in [5.41, 5.74) is 2.63. The van der Waals surface area contributed by atoms with E-state index in [-0.39, 0.29) is 0 Å². The fraction of sp³-hybridized carbons (Fsp3) is 0.350. The number of fused-ring (bicyclic) bond motifs is 1. The number of nitrogens with zero attached hydrogens (tertiary/aromatic N) is 8. The van der Waals surface area contributed by atoms with Gasteiger partial charge in [-0.05, 0) is 44.1 Å². The number of aryl methyl sites for hydroxylation is 1. The number of aromatic nitrogens is 7. The summed E-state index contributed by atoms with van der Waals surface area (Å²) >= 11 is 0. The van der Waals surface area contributed by atoms with Crippen LogP contribution >= 0.6 is 0 Å². The van der Waals surface area contributed by atoms with Crippen LogP contribution in [0.15, 0.2) is 42.9 Å². The van der Waals surface area contributed by atoms with Crippen LogP contribution in [0.5, 0.6) is 0 Å². The maximum absolute atomic E-state index is 4.64. The molecule has 4 aromatic heterocycles. The molecule has 1 N–H and O–H groups in total. The lowest BCUT2D eigenvalue weighted by molar-refractivity contribution is 0.215. The van der Waals surface area contributed by atoms with Crippen molar-refractivity contribution in [3.05, 3.63) is 48.7 Å². The number of rotatable bonds is 5. The maximum atomic E-state index is 4.64. The van der Waals surface area contributed by atoms with E-state index in [9.17, 15) is 0 Å². The van der Waals surface area contributed by atoms with Crippen molar-refractivity contribution in [2.75, 3.05) is 18.4 Å². The highest BCUT2D eigenvalue weighted by Gasteiger charge is 2.15. The van der Waals surface area contributed by atoms with Crippen LogP contribution in [0.1, 0.15) is 25.1 Å². The van der Waals surface area contributed by atoms with Gasteiger partial charge in [0.1, 0.15) is 5.82 Å². The van der Waals surface area contributed by atoms with E-state index < -0.39 is 0 Å². The first-order valence-corrected chi connectivity index (χ1v) is 9.91. The van der Waals surface area contributed by atoms with E-state index in [0.717, 1.165) is 48.2 Å². The third-order valence-electron chi connectivity index (χ3n) is 5.31. The largest absolute Gasteiger partial charge is 0.309 e. The van der Waals surface area contributed by atoms with Crippen molar-refractivity contribution >= 4 is 17.4 Å². The third kappa shape index (κ3) is 3.68. The van der Waals surface area contributed by atoms with Crippen molar-refractivity contribution in [2.45, 2.75) is 25.8 Å². The number of piperidine rings is 1. The molecular weight excluding hydrogens is 366 g/mol. The topological polar surface area (TPSA) is 89.1 Å². The molecule has 1 aliphatic heterocycles. The Bertz CT molecular complexity index is 1120. The first-order valence-electron chi connectivity index (χ1n) is 9.91. The van der Waals surface area contributed by atoms with Crippen LogP contribution in [0.3, 0.4) is 0 Å². The van der Waals surface area contributed by atoms with Crippen LogP contribution in [0.4, 0.5) is 11.8 Å². The molecule has 9 heteroatoms. The summed E-state index contributed by atoms with van der Waals surface area (Å²) in [4.78, 5) is 11.4. The van der Waals surface area contributed by atoms with Crippen molar-refractivity contribution in [1.82, 2.24) is 39.2 Å². The zero-order chi connectivity index (χ0) is 19.6. The van der Waals surface area contributed by atoms with E-state index in [2.05, 4.69) is 39.9 Å². The van der Waals surface area contributed by atoms with Crippen molar-refractivity contribution in [2.24, 2.45) is 7.05 Å². The molecule has 1 aliphatic rings. The summed E-state index contributed by atoms with van der Waals surface area (Å²) in [6.07, 6.45) is 9.37. The van der Waals surface area contributed by atoms with Gasteiger partial charge in [0.05, 0.1) is 18.4 Å². The lowest BCUT2D eigenvalue weighted by Gasteiger charge is -2.25. The average Bonchev–Trinajstić information content (AvgIpc) is 3.35. The molecule has 9 nitrogen and oxygen atoms in total. The van der Waals surface area contributed by atoms with E-state index in [1.54, 1.807) is 17.1 Å². The fourth-order valence-electron chi connectivity index (χ4n) is 3.72. The van der Waals surface area contributed by atoms with Crippen LogP contribution in [0.2, 0.25) is 0 Å². The van der Waals surface area contributed by atoms with E-state index in [1.165, 1.54) is 19.3 Å². The smallest absolute Gasteiger partial charge is 0.228 e. The van der Waals surface area contributed by atoms with E-state index in [1.807, 2.05) is 37.5 Å². The standard InChI is InChI=1S/C20H23N9/c1-27-17(6-9-22-27)24-20-21-8-5-16(23-20)15-7-12-29-18(13-15)25-26-19(29)14-28-10-3-2-4-11-28/h5-9,12-13H,2-4,10-11,14H2,1H3,(H,21,23,24). The monoisotopic (exact) mass is 389 g/mol. The van der Waals surface area contributed by atoms with Crippen molar-refractivity contribution in [3.63, 3.8) is 0 Å². The first kappa shape index (κ1) is 17.7. The molecule has 5 heterocycles. The van der Waals surface area contributed by atoms with E-state index in [0.29, 0.717) is 5.95 Å². The molecule has 0 radical (unpaired) electrons. The Morgan fingerprint density at radius 2 is 1.93 bits per heavy atom. The minimum absolute atomic E-state index is 0.526. The summed E-state index contributed by atoms with van der Waals surface area (Å²) in [7, 11) is 1.87. The Hall–Kier alpha value is -3.33. The molecule has 1 fully saturated rings. The van der Waals surface area contributed by atoms with Gasteiger partial charge in [0.15, 0.2) is 11.5 Å². The Morgan fingerprint density at radius 3 is 2.76 bits per heavy atom. The molecule has 29 heavy (non-hydrogen) atoms. The van der Waals surface area contributed by atoms with E-state index >= 15 is 0 Å². The Labute approximate surface area is 168 Å². The Balaban J connectivity index is 1.39. The van der Waals surface area contributed by atoms with Crippen molar-refractivity contribution in [1.29, 1.82) is 0 Å². The minimum atomic E-state index is 0.526. The molecule has 0 saturated carbocycles. The van der Waals surface area contributed by atoms with Gasteiger partial charge in [0.25, 0.3) is 0 Å². The number of pyridine rings is 1. The highest BCUT2D eigenvalue weighted by Crippen LogP contribution is 2.21. The van der Waals surface area contributed by atoms with Gasteiger partial charge in [-0.15, -0.1) is 10.2 Å². The number of hydrogen-bond donors (Lipinski definition) is 1. The second-order valence-electron chi connectivity index (χ2n) is 7.33. The number of likely N-dealkylation sites (tertiary alicyclic amines) is 1. The lowest BCUT2D eigenvalue weighted by Crippen LogP contribution is -2.29. The summed E-state index contributed by atoms with van der Waals surface area (Å²) in [5, 5.41) is 16.1. The lowest BCUT2D eigenvalue weighted by atomic mass is 10.1. The van der Waals surface area contributed by atoms with Gasteiger partial charge in [-0.1, -0.05) is 6.42 Å². The summed E-state index contributed by atoms with van der Waals surface area (Å²) < 4.78 is 3.80. The number of anilines is 2. The molecule has 0 aromatic carbocycles. The van der Waals surface area contributed by atoms with Gasteiger partial charge in [-0.25, -0.2) is 9.97 Å². The second kappa shape index (κ2) is 7.59. The number of nitrogens with one attached hydrogen (secondary N) is 1. The first-order chi connectivity index (χ1) is 14.3. The zero-order valence-electron chi connectivity index (χ0n) is 16.4. The molecule has 0 spiro atoms. The van der Waals surface area contributed by atoms with Gasteiger partial charge >= 0.3 is 0 Å². The van der Waals surface area contributed by atoms with Crippen molar-refractivity contribution < 1.29 is 0 Å². The minimum Gasteiger partial charge on any atom is -0.309 e. The molecule has 0 aliphatic carbocycles. The summed E-state index contributed by atoms with van der Waals surface area (Å²) in [6.45, 7) is 3.12. The molecule has 148 valence electrons. The molecule has 0 atom stereocenters. The molecular formula is C20H23N9. The van der Waals surface area contributed by atoms with Crippen LogP contribution in [0, 0.1) is 0 Å².